The minimum atomic E-state index is -0.859. The summed E-state index contributed by atoms with van der Waals surface area (Å²) in [5.41, 5.74) is 1.37. The molecule has 0 radical (unpaired) electrons. The number of ether oxygens (including phenoxy) is 1. The molecule has 0 aliphatic heterocycles. The summed E-state index contributed by atoms with van der Waals surface area (Å²) in [5, 5.41) is 0. The Kier molecular flexibility index (Phi) is 9.61. The van der Waals surface area contributed by atoms with Crippen LogP contribution >= 0.6 is 0 Å². The molecule has 0 N–H and O–H groups in total. The number of hydrogen-bond donors (Lipinski definition) is 0. The fraction of sp³-hybridized carbons (Fsp3) is 0.643. The predicted octanol–water partition coefficient (Wildman–Crippen LogP) is 8.88. The molecule has 0 spiro atoms. The van der Waals surface area contributed by atoms with Crippen LogP contribution in [0.15, 0.2) is 30.4 Å². The summed E-state index contributed by atoms with van der Waals surface area (Å²) >= 11 is 0. The topological polar surface area (TPSA) is 9.23 Å². The molecule has 2 aliphatic rings. The van der Waals surface area contributed by atoms with Crippen LogP contribution in [0.1, 0.15) is 96.5 Å². The van der Waals surface area contributed by atoms with E-state index in [1.807, 2.05) is 0 Å². The SMILES string of the molecule is C/C=C\CCCCCC1CCC(C2CC=C(c3ccc(OCC)c(F)c3F)CC2)CC1. The fourth-order valence-corrected chi connectivity index (χ4v) is 5.56. The Morgan fingerprint density at radius 1 is 0.968 bits per heavy atom. The maximum atomic E-state index is 14.6. The molecule has 0 amide bonds. The molecule has 0 heterocycles. The lowest BCUT2D eigenvalue weighted by molar-refractivity contribution is 0.187. The van der Waals surface area contributed by atoms with Gasteiger partial charge in [-0.25, -0.2) is 4.39 Å². The van der Waals surface area contributed by atoms with Gasteiger partial charge in [0, 0.05) is 5.56 Å². The van der Waals surface area contributed by atoms with Gasteiger partial charge in [0.15, 0.2) is 11.6 Å². The molecule has 1 aromatic rings. The summed E-state index contributed by atoms with van der Waals surface area (Å²) in [7, 11) is 0. The molecule has 1 aromatic carbocycles. The van der Waals surface area contributed by atoms with E-state index < -0.39 is 11.6 Å². The van der Waals surface area contributed by atoms with Gasteiger partial charge in [-0.3, -0.25) is 0 Å². The molecule has 0 saturated heterocycles. The number of rotatable bonds is 10. The Bertz CT molecular complexity index is 744. The van der Waals surface area contributed by atoms with Crippen LogP contribution < -0.4 is 4.74 Å². The van der Waals surface area contributed by atoms with Crippen molar-refractivity contribution < 1.29 is 13.5 Å². The first-order valence-electron chi connectivity index (χ1n) is 12.5. The monoisotopic (exact) mass is 430 g/mol. The zero-order chi connectivity index (χ0) is 22.1. The Morgan fingerprint density at radius 2 is 1.77 bits per heavy atom. The van der Waals surface area contributed by atoms with Gasteiger partial charge in [0.1, 0.15) is 0 Å². The lowest BCUT2D eigenvalue weighted by Gasteiger charge is -2.35. The van der Waals surface area contributed by atoms with Crippen LogP contribution in [0.25, 0.3) is 5.57 Å². The quantitative estimate of drug-likeness (QED) is 0.266. The second-order valence-electron chi connectivity index (χ2n) is 9.42. The highest BCUT2D eigenvalue weighted by atomic mass is 19.2. The first kappa shape index (κ1) is 24.0. The van der Waals surface area contributed by atoms with Crippen molar-refractivity contribution in [3.05, 3.63) is 47.6 Å². The third kappa shape index (κ3) is 6.67. The normalized spacial score (nSPS) is 24.4. The molecule has 3 rings (SSSR count). The Hall–Kier alpha value is -1.64. The van der Waals surface area contributed by atoms with Gasteiger partial charge in [-0.15, -0.1) is 0 Å². The maximum absolute atomic E-state index is 14.6. The highest BCUT2D eigenvalue weighted by Gasteiger charge is 2.29. The van der Waals surface area contributed by atoms with Crippen molar-refractivity contribution in [2.24, 2.45) is 17.8 Å². The Morgan fingerprint density at radius 3 is 2.45 bits per heavy atom. The predicted molar refractivity (Wildman–Crippen MR) is 126 cm³/mol. The van der Waals surface area contributed by atoms with Crippen LogP contribution in [0.2, 0.25) is 0 Å². The minimum Gasteiger partial charge on any atom is -0.491 e. The molecule has 1 fully saturated rings. The second kappa shape index (κ2) is 12.4. The highest BCUT2D eigenvalue weighted by Crippen LogP contribution is 2.43. The summed E-state index contributed by atoms with van der Waals surface area (Å²) in [4.78, 5) is 0. The zero-order valence-corrected chi connectivity index (χ0v) is 19.5. The lowest BCUT2D eigenvalue weighted by Crippen LogP contribution is -2.23. The highest BCUT2D eigenvalue weighted by molar-refractivity contribution is 5.67. The van der Waals surface area contributed by atoms with Crippen molar-refractivity contribution in [2.45, 2.75) is 90.9 Å². The third-order valence-electron chi connectivity index (χ3n) is 7.42. The molecule has 0 bridgehead atoms. The van der Waals surface area contributed by atoms with E-state index in [0.717, 1.165) is 36.7 Å². The molecule has 1 atom stereocenters. The van der Waals surface area contributed by atoms with E-state index in [9.17, 15) is 8.78 Å². The molecular formula is C28H40F2O. The molecular weight excluding hydrogens is 390 g/mol. The number of halogens is 2. The average Bonchev–Trinajstić information content (AvgIpc) is 2.80. The van der Waals surface area contributed by atoms with Crippen molar-refractivity contribution in [3.8, 4) is 5.75 Å². The van der Waals surface area contributed by atoms with E-state index in [1.165, 1.54) is 57.8 Å². The van der Waals surface area contributed by atoms with Crippen molar-refractivity contribution in [1.29, 1.82) is 0 Å². The third-order valence-corrected chi connectivity index (χ3v) is 7.42. The lowest BCUT2D eigenvalue weighted by atomic mass is 9.70. The van der Waals surface area contributed by atoms with Crippen LogP contribution in [0, 0.1) is 29.4 Å². The van der Waals surface area contributed by atoms with E-state index in [2.05, 4.69) is 25.2 Å². The van der Waals surface area contributed by atoms with Gasteiger partial charge in [0.2, 0.25) is 5.82 Å². The Labute approximate surface area is 188 Å². The van der Waals surface area contributed by atoms with Gasteiger partial charge in [0.05, 0.1) is 6.61 Å². The summed E-state index contributed by atoms with van der Waals surface area (Å²) in [5.74, 6) is 0.831. The molecule has 31 heavy (non-hydrogen) atoms. The van der Waals surface area contributed by atoms with Crippen LogP contribution in [-0.4, -0.2) is 6.61 Å². The van der Waals surface area contributed by atoms with Gasteiger partial charge in [-0.1, -0.05) is 50.3 Å². The smallest absolute Gasteiger partial charge is 0.201 e. The number of allylic oxidation sites excluding steroid dienone is 4. The van der Waals surface area contributed by atoms with Crippen LogP contribution in [0.4, 0.5) is 8.78 Å². The zero-order valence-electron chi connectivity index (χ0n) is 19.5. The van der Waals surface area contributed by atoms with Crippen molar-refractivity contribution >= 4 is 5.57 Å². The summed E-state index contributed by atoms with van der Waals surface area (Å²) in [6.45, 7) is 4.20. The number of hydrogen-bond acceptors (Lipinski definition) is 1. The van der Waals surface area contributed by atoms with Gasteiger partial charge >= 0.3 is 0 Å². The summed E-state index contributed by atoms with van der Waals surface area (Å²) < 4.78 is 34.0. The van der Waals surface area contributed by atoms with Gasteiger partial charge in [-0.2, -0.15) is 4.39 Å². The molecule has 1 unspecified atom stereocenters. The molecule has 172 valence electrons. The summed E-state index contributed by atoms with van der Waals surface area (Å²) in [6.07, 6.45) is 21.7. The van der Waals surface area contributed by atoms with Crippen molar-refractivity contribution in [1.82, 2.24) is 0 Å². The van der Waals surface area contributed by atoms with Gasteiger partial charge in [0.25, 0.3) is 0 Å². The van der Waals surface area contributed by atoms with Crippen LogP contribution in [0.3, 0.4) is 0 Å². The van der Waals surface area contributed by atoms with Crippen LogP contribution in [0.5, 0.6) is 5.75 Å². The standard InChI is InChI=1S/C28H40F2O/c1-3-5-6-7-8-9-10-21-11-13-22(14-12-21)23-15-17-24(18-16-23)25-19-20-26(31-4-2)28(30)27(25)29/h3,5,17,19-23H,4,6-16,18H2,1-2H3/b5-3-. The molecule has 1 saturated carbocycles. The summed E-state index contributed by atoms with van der Waals surface area (Å²) in [6, 6.07) is 3.24. The minimum absolute atomic E-state index is 0.00703. The molecule has 2 aliphatic carbocycles. The fourth-order valence-electron chi connectivity index (χ4n) is 5.56. The van der Waals surface area contributed by atoms with E-state index in [-0.39, 0.29) is 5.75 Å². The van der Waals surface area contributed by atoms with Crippen LogP contribution in [-0.2, 0) is 0 Å². The van der Waals surface area contributed by atoms with E-state index >= 15 is 0 Å². The molecule has 0 aromatic heterocycles. The Balaban J connectivity index is 1.44. The van der Waals surface area contributed by atoms with E-state index in [0.29, 0.717) is 18.1 Å². The second-order valence-corrected chi connectivity index (χ2v) is 9.42. The first-order valence-corrected chi connectivity index (χ1v) is 12.5. The van der Waals surface area contributed by atoms with Gasteiger partial charge in [-0.05, 0) is 94.3 Å². The largest absolute Gasteiger partial charge is 0.491 e. The molecule has 1 nitrogen and oxygen atoms in total. The average molecular weight is 431 g/mol. The van der Waals surface area contributed by atoms with Gasteiger partial charge < -0.3 is 4.74 Å². The van der Waals surface area contributed by atoms with E-state index in [4.69, 9.17) is 4.74 Å². The molecule has 3 heteroatoms. The number of benzene rings is 1. The maximum Gasteiger partial charge on any atom is 0.201 e. The van der Waals surface area contributed by atoms with Crippen molar-refractivity contribution in [3.63, 3.8) is 0 Å². The van der Waals surface area contributed by atoms with Crippen molar-refractivity contribution in [2.75, 3.05) is 6.61 Å². The van der Waals surface area contributed by atoms with E-state index in [1.54, 1.807) is 19.1 Å². The first-order chi connectivity index (χ1) is 15.1. The number of unbranched alkanes of at least 4 members (excludes halogenated alkanes) is 3.